The molecule has 0 aromatic heterocycles. The molecule has 1 atom stereocenters. The number of nitrogens with one attached hydrogen (secondary N) is 1. The molecule has 2 aromatic carbocycles. The first-order valence-electron chi connectivity index (χ1n) is 8.80. The molecule has 1 unspecified atom stereocenters. The van der Waals surface area contributed by atoms with Crippen LogP contribution in [0.3, 0.4) is 0 Å². The van der Waals surface area contributed by atoms with E-state index in [1.54, 1.807) is 6.07 Å². The molecule has 0 aliphatic rings. The van der Waals surface area contributed by atoms with Crippen LogP contribution in [0, 0.1) is 11.7 Å². The van der Waals surface area contributed by atoms with Crippen LogP contribution in [0.15, 0.2) is 54.6 Å². The van der Waals surface area contributed by atoms with Crippen molar-refractivity contribution >= 4 is 5.91 Å². The Morgan fingerprint density at radius 3 is 2.44 bits per heavy atom. The lowest BCUT2D eigenvalue weighted by Gasteiger charge is -2.25. The maximum atomic E-state index is 13.3. The number of hydrogen-bond donors (Lipinski definition) is 1. The maximum absolute atomic E-state index is 13.3. The molecule has 0 heterocycles. The molecule has 0 bridgehead atoms. The van der Waals surface area contributed by atoms with Crippen LogP contribution in [0.5, 0.6) is 0 Å². The monoisotopic (exact) mass is 342 g/mol. The molecule has 2 rings (SSSR count). The number of likely N-dealkylation sites (N-methyl/N-ethyl adjacent to an activating group) is 1. The highest BCUT2D eigenvalue weighted by Gasteiger charge is 2.19. The third-order valence-electron chi connectivity index (χ3n) is 4.25. The van der Waals surface area contributed by atoms with Crippen LogP contribution in [0.2, 0.25) is 0 Å². The highest BCUT2D eigenvalue weighted by molar-refractivity contribution is 5.78. The molecule has 0 saturated carbocycles. The average molecular weight is 342 g/mol. The highest BCUT2D eigenvalue weighted by Crippen LogP contribution is 2.21. The van der Waals surface area contributed by atoms with E-state index in [4.69, 9.17) is 0 Å². The highest BCUT2D eigenvalue weighted by atomic mass is 19.1. The van der Waals surface area contributed by atoms with E-state index >= 15 is 0 Å². The summed E-state index contributed by atoms with van der Waals surface area (Å²) in [5, 5.41) is 3.14. The van der Waals surface area contributed by atoms with Gasteiger partial charge in [0.2, 0.25) is 5.91 Å². The number of carbonyl (C=O) groups excluding carboxylic acids is 1. The second-order valence-electron chi connectivity index (χ2n) is 6.63. The minimum Gasteiger partial charge on any atom is -0.348 e. The number of nitrogens with zero attached hydrogens (tertiary/aromatic N) is 1. The molecule has 3 nitrogen and oxygen atoms in total. The smallest absolute Gasteiger partial charge is 0.234 e. The van der Waals surface area contributed by atoms with Crippen molar-refractivity contribution in [3.05, 3.63) is 71.5 Å². The van der Waals surface area contributed by atoms with Gasteiger partial charge in [-0.3, -0.25) is 9.69 Å². The average Bonchev–Trinajstić information content (AvgIpc) is 2.59. The van der Waals surface area contributed by atoms with E-state index < -0.39 is 0 Å². The van der Waals surface area contributed by atoms with Crippen molar-refractivity contribution in [3.8, 4) is 0 Å². The van der Waals surface area contributed by atoms with E-state index in [9.17, 15) is 9.18 Å². The van der Waals surface area contributed by atoms with Gasteiger partial charge in [-0.2, -0.15) is 0 Å². The Morgan fingerprint density at radius 1 is 1.12 bits per heavy atom. The van der Waals surface area contributed by atoms with Gasteiger partial charge in [0.05, 0.1) is 12.6 Å². The van der Waals surface area contributed by atoms with E-state index in [1.165, 1.54) is 12.1 Å². The zero-order valence-electron chi connectivity index (χ0n) is 15.2. The zero-order valence-corrected chi connectivity index (χ0v) is 15.2. The summed E-state index contributed by atoms with van der Waals surface area (Å²) in [4.78, 5) is 14.5. The number of carbonyl (C=O) groups is 1. The Bertz CT molecular complexity index is 673. The van der Waals surface area contributed by atoms with Crippen molar-refractivity contribution in [3.63, 3.8) is 0 Å². The zero-order chi connectivity index (χ0) is 18.2. The Morgan fingerprint density at radius 2 is 1.84 bits per heavy atom. The predicted octanol–water partition coefficient (Wildman–Crippen LogP) is 4.16. The summed E-state index contributed by atoms with van der Waals surface area (Å²) < 4.78 is 13.3. The number of benzene rings is 2. The SMILES string of the molecule is CCN(CC(=O)NC(c1ccccc1)C(C)C)Cc1cccc(F)c1. The maximum Gasteiger partial charge on any atom is 0.234 e. The molecule has 4 heteroatoms. The van der Waals surface area contributed by atoms with Crippen LogP contribution in [0.4, 0.5) is 4.39 Å². The van der Waals surface area contributed by atoms with Crippen LogP contribution < -0.4 is 5.32 Å². The molecule has 134 valence electrons. The quantitative estimate of drug-likeness (QED) is 0.781. The van der Waals surface area contributed by atoms with Gasteiger partial charge in [0.15, 0.2) is 0 Å². The molecular formula is C21H27FN2O. The van der Waals surface area contributed by atoms with Crippen LogP contribution in [-0.2, 0) is 11.3 Å². The summed E-state index contributed by atoms with van der Waals surface area (Å²) in [6.45, 7) is 7.78. The van der Waals surface area contributed by atoms with Gasteiger partial charge in [0.1, 0.15) is 5.82 Å². The topological polar surface area (TPSA) is 32.3 Å². The lowest BCUT2D eigenvalue weighted by molar-refractivity contribution is -0.123. The van der Waals surface area contributed by atoms with Crippen molar-refractivity contribution in [1.29, 1.82) is 0 Å². The molecule has 0 spiro atoms. The molecule has 0 fully saturated rings. The third kappa shape index (κ3) is 5.98. The standard InChI is InChI=1S/C21H27FN2O/c1-4-24(14-17-9-8-12-19(22)13-17)15-20(25)23-21(16(2)3)18-10-6-5-7-11-18/h5-13,16,21H,4,14-15H2,1-3H3,(H,23,25). The molecule has 0 aliphatic carbocycles. The Hall–Kier alpha value is -2.20. The number of halogens is 1. The number of amides is 1. The molecule has 1 N–H and O–H groups in total. The van der Waals surface area contributed by atoms with Gasteiger partial charge in [-0.05, 0) is 35.7 Å². The van der Waals surface area contributed by atoms with Gasteiger partial charge < -0.3 is 5.32 Å². The summed E-state index contributed by atoms with van der Waals surface area (Å²) in [6.07, 6.45) is 0. The van der Waals surface area contributed by atoms with Gasteiger partial charge in [-0.1, -0.05) is 63.2 Å². The third-order valence-corrected chi connectivity index (χ3v) is 4.25. The summed E-state index contributed by atoms with van der Waals surface area (Å²) in [6, 6.07) is 16.5. The normalized spacial score (nSPS) is 12.4. The number of hydrogen-bond acceptors (Lipinski definition) is 2. The number of rotatable bonds is 8. The minimum absolute atomic E-state index is 0.0124. The van der Waals surface area contributed by atoms with Crippen LogP contribution in [0.1, 0.15) is 37.9 Å². The summed E-state index contributed by atoms with van der Waals surface area (Å²) in [7, 11) is 0. The van der Waals surface area contributed by atoms with E-state index in [2.05, 4.69) is 19.2 Å². The summed E-state index contributed by atoms with van der Waals surface area (Å²) in [5.41, 5.74) is 1.98. The van der Waals surface area contributed by atoms with Gasteiger partial charge >= 0.3 is 0 Å². The van der Waals surface area contributed by atoms with E-state index in [0.717, 1.165) is 17.7 Å². The van der Waals surface area contributed by atoms with Crippen molar-refractivity contribution in [2.24, 2.45) is 5.92 Å². The largest absolute Gasteiger partial charge is 0.348 e. The lowest BCUT2D eigenvalue weighted by atomic mass is 9.96. The molecule has 1 amide bonds. The van der Waals surface area contributed by atoms with Crippen molar-refractivity contribution in [2.75, 3.05) is 13.1 Å². The first kappa shape index (κ1) is 19.1. The molecule has 0 saturated heterocycles. The van der Waals surface area contributed by atoms with Crippen molar-refractivity contribution in [2.45, 2.75) is 33.4 Å². The van der Waals surface area contributed by atoms with Gasteiger partial charge in [0, 0.05) is 6.54 Å². The Labute approximate surface area is 149 Å². The second-order valence-corrected chi connectivity index (χ2v) is 6.63. The fraction of sp³-hybridized carbons (Fsp3) is 0.381. The first-order valence-corrected chi connectivity index (χ1v) is 8.80. The predicted molar refractivity (Wildman–Crippen MR) is 99.5 cm³/mol. The van der Waals surface area contributed by atoms with Crippen LogP contribution in [-0.4, -0.2) is 23.9 Å². The summed E-state index contributed by atoms with van der Waals surface area (Å²) in [5.74, 6) is 0.0346. The van der Waals surface area contributed by atoms with Crippen LogP contribution >= 0.6 is 0 Å². The van der Waals surface area contributed by atoms with Crippen molar-refractivity contribution < 1.29 is 9.18 Å². The van der Waals surface area contributed by atoms with Gasteiger partial charge in [-0.15, -0.1) is 0 Å². The molecule has 0 radical (unpaired) electrons. The van der Waals surface area contributed by atoms with Crippen molar-refractivity contribution in [1.82, 2.24) is 10.2 Å². The van der Waals surface area contributed by atoms with E-state index in [1.807, 2.05) is 48.2 Å². The van der Waals surface area contributed by atoms with E-state index in [0.29, 0.717) is 19.0 Å². The molecule has 2 aromatic rings. The lowest BCUT2D eigenvalue weighted by Crippen LogP contribution is -2.40. The van der Waals surface area contributed by atoms with Gasteiger partial charge in [0.25, 0.3) is 0 Å². The molecule has 0 aliphatic heterocycles. The molecule has 25 heavy (non-hydrogen) atoms. The second kappa shape index (κ2) is 9.33. The minimum atomic E-state index is -0.248. The Balaban J connectivity index is 1.98. The first-order chi connectivity index (χ1) is 12.0. The van der Waals surface area contributed by atoms with Crippen LogP contribution in [0.25, 0.3) is 0 Å². The van der Waals surface area contributed by atoms with Gasteiger partial charge in [-0.25, -0.2) is 4.39 Å². The fourth-order valence-corrected chi connectivity index (χ4v) is 2.89. The van der Waals surface area contributed by atoms with E-state index in [-0.39, 0.29) is 17.8 Å². The summed E-state index contributed by atoms with van der Waals surface area (Å²) >= 11 is 0. The fourth-order valence-electron chi connectivity index (χ4n) is 2.89. The Kier molecular flexibility index (Phi) is 7.14. The molecular weight excluding hydrogens is 315 g/mol.